The Bertz CT molecular complexity index is 638. The van der Waals surface area contributed by atoms with Crippen LogP contribution in [0.5, 0.6) is 0 Å². The number of benzene rings is 2. The van der Waals surface area contributed by atoms with Gasteiger partial charge in [-0.3, -0.25) is 10.1 Å². The Hall–Kier alpha value is -2.36. The van der Waals surface area contributed by atoms with Crippen molar-refractivity contribution in [2.75, 3.05) is 5.32 Å². The lowest BCUT2D eigenvalue weighted by Gasteiger charge is -2.08. The monoisotopic (exact) mass is 254 g/mol. The summed E-state index contributed by atoms with van der Waals surface area (Å²) in [5.74, 6) is 0. The maximum absolute atomic E-state index is 11.0. The molecule has 1 aliphatic carbocycles. The lowest BCUT2D eigenvalue weighted by atomic mass is 10.1. The Morgan fingerprint density at radius 1 is 1.05 bits per heavy atom. The van der Waals surface area contributed by atoms with E-state index in [1.165, 1.54) is 23.6 Å². The zero-order valence-electron chi connectivity index (χ0n) is 10.4. The number of fused-ring (bicyclic) bond motifs is 1. The van der Waals surface area contributed by atoms with E-state index in [0.29, 0.717) is 5.69 Å². The van der Waals surface area contributed by atoms with Crippen molar-refractivity contribution < 1.29 is 4.92 Å². The van der Waals surface area contributed by atoms with Gasteiger partial charge in [0.15, 0.2) is 0 Å². The quantitative estimate of drug-likeness (QED) is 0.669. The summed E-state index contributed by atoms with van der Waals surface area (Å²) in [6, 6.07) is 12.9. The summed E-state index contributed by atoms with van der Waals surface area (Å²) >= 11 is 0. The van der Waals surface area contributed by atoms with Crippen molar-refractivity contribution >= 4 is 17.1 Å². The van der Waals surface area contributed by atoms with Crippen LogP contribution in [0.2, 0.25) is 0 Å². The molecule has 0 bridgehead atoms. The molecule has 96 valence electrons. The number of aryl methyl sites for hydroxylation is 2. The van der Waals surface area contributed by atoms with Crippen molar-refractivity contribution in [3.05, 3.63) is 63.7 Å². The summed E-state index contributed by atoms with van der Waals surface area (Å²) in [7, 11) is 0. The van der Waals surface area contributed by atoms with Gasteiger partial charge in [-0.2, -0.15) is 0 Å². The smallest absolute Gasteiger partial charge is 0.292 e. The summed E-state index contributed by atoms with van der Waals surface area (Å²) in [5, 5.41) is 14.1. The van der Waals surface area contributed by atoms with E-state index in [9.17, 15) is 10.1 Å². The molecular weight excluding hydrogens is 240 g/mol. The molecule has 0 saturated heterocycles. The van der Waals surface area contributed by atoms with Crippen LogP contribution >= 0.6 is 0 Å². The van der Waals surface area contributed by atoms with Crippen molar-refractivity contribution in [1.82, 2.24) is 0 Å². The van der Waals surface area contributed by atoms with Crippen LogP contribution in [0.3, 0.4) is 0 Å². The van der Waals surface area contributed by atoms with Gasteiger partial charge in [0.25, 0.3) is 5.69 Å². The Kier molecular flexibility index (Phi) is 2.91. The average Bonchev–Trinajstić information content (AvgIpc) is 2.86. The van der Waals surface area contributed by atoms with Crippen molar-refractivity contribution in [3.8, 4) is 0 Å². The van der Waals surface area contributed by atoms with Crippen LogP contribution in [0.15, 0.2) is 42.5 Å². The second-order valence-electron chi connectivity index (χ2n) is 4.74. The maximum atomic E-state index is 11.0. The van der Waals surface area contributed by atoms with Gasteiger partial charge in [0.05, 0.1) is 4.92 Å². The van der Waals surface area contributed by atoms with Crippen molar-refractivity contribution in [1.29, 1.82) is 0 Å². The van der Waals surface area contributed by atoms with Crippen molar-refractivity contribution in [2.24, 2.45) is 0 Å². The van der Waals surface area contributed by atoms with Gasteiger partial charge in [0, 0.05) is 11.8 Å². The lowest BCUT2D eigenvalue weighted by Crippen LogP contribution is -1.97. The fourth-order valence-electron chi connectivity index (χ4n) is 2.54. The third-order valence-electron chi connectivity index (χ3n) is 3.48. The number of para-hydroxylation sites is 2. The molecule has 0 amide bonds. The molecule has 1 aliphatic rings. The summed E-state index contributed by atoms with van der Waals surface area (Å²) in [6.07, 6.45) is 3.44. The standard InChI is InChI=1S/C15H14N2O2/c18-17(19)15-7-2-1-6-14(15)16-13-9-8-11-4-3-5-12(11)10-13/h1-2,6-10,16H,3-5H2. The minimum absolute atomic E-state index is 0.1000. The first-order valence-electron chi connectivity index (χ1n) is 6.36. The number of nitro groups is 1. The molecular formula is C15H14N2O2. The van der Waals surface area contributed by atoms with Crippen LogP contribution in [0.4, 0.5) is 17.1 Å². The minimum Gasteiger partial charge on any atom is -0.350 e. The zero-order valence-corrected chi connectivity index (χ0v) is 10.4. The highest BCUT2D eigenvalue weighted by molar-refractivity contribution is 5.70. The van der Waals surface area contributed by atoms with Gasteiger partial charge < -0.3 is 5.32 Å². The number of nitro benzene ring substituents is 1. The van der Waals surface area contributed by atoms with Gasteiger partial charge in [-0.05, 0) is 48.6 Å². The van der Waals surface area contributed by atoms with Gasteiger partial charge in [0.2, 0.25) is 0 Å². The summed E-state index contributed by atoms with van der Waals surface area (Å²) in [5.41, 5.74) is 4.29. The molecule has 0 aliphatic heterocycles. The molecule has 4 nitrogen and oxygen atoms in total. The van der Waals surface area contributed by atoms with Gasteiger partial charge in [0.1, 0.15) is 5.69 Å². The van der Waals surface area contributed by atoms with Crippen LogP contribution in [0, 0.1) is 10.1 Å². The number of nitrogens with one attached hydrogen (secondary N) is 1. The molecule has 0 aromatic heterocycles. The maximum Gasteiger partial charge on any atom is 0.292 e. The zero-order chi connectivity index (χ0) is 13.2. The molecule has 2 aromatic rings. The second kappa shape index (κ2) is 4.72. The molecule has 0 radical (unpaired) electrons. The molecule has 19 heavy (non-hydrogen) atoms. The highest BCUT2D eigenvalue weighted by Gasteiger charge is 2.14. The van der Waals surface area contributed by atoms with Gasteiger partial charge in [-0.15, -0.1) is 0 Å². The third kappa shape index (κ3) is 2.29. The van der Waals surface area contributed by atoms with E-state index in [-0.39, 0.29) is 10.6 Å². The predicted molar refractivity (Wildman–Crippen MR) is 74.8 cm³/mol. The average molecular weight is 254 g/mol. The molecule has 0 spiro atoms. The molecule has 0 heterocycles. The number of anilines is 2. The van der Waals surface area contributed by atoms with E-state index in [1.807, 2.05) is 6.07 Å². The third-order valence-corrected chi connectivity index (χ3v) is 3.48. The highest BCUT2D eigenvalue weighted by atomic mass is 16.6. The van der Waals surface area contributed by atoms with Gasteiger partial charge in [-0.1, -0.05) is 18.2 Å². The molecule has 1 N–H and O–H groups in total. The van der Waals surface area contributed by atoms with Crippen molar-refractivity contribution in [2.45, 2.75) is 19.3 Å². The fraction of sp³-hybridized carbons (Fsp3) is 0.200. The molecule has 0 unspecified atom stereocenters. The largest absolute Gasteiger partial charge is 0.350 e. The molecule has 0 fully saturated rings. The number of nitrogens with zero attached hydrogens (tertiary/aromatic N) is 1. The summed E-state index contributed by atoms with van der Waals surface area (Å²) < 4.78 is 0. The van der Waals surface area contributed by atoms with Gasteiger partial charge >= 0.3 is 0 Å². The molecule has 4 heteroatoms. The SMILES string of the molecule is O=[N+]([O-])c1ccccc1Nc1ccc2c(c1)CCC2. The first kappa shape index (κ1) is 11.7. The topological polar surface area (TPSA) is 55.2 Å². The van der Waals surface area contributed by atoms with Crippen molar-refractivity contribution in [3.63, 3.8) is 0 Å². The Morgan fingerprint density at radius 3 is 2.68 bits per heavy atom. The van der Waals surface area contributed by atoms with Crippen LogP contribution < -0.4 is 5.32 Å². The minimum atomic E-state index is -0.365. The van der Waals surface area contributed by atoms with E-state index >= 15 is 0 Å². The first-order chi connectivity index (χ1) is 9.24. The molecule has 0 atom stereocenters. The Balaban J connectivity index is 1.91. The van der Waals surface area contributed by atoms with Crippen LogP contribution in [-0.2, 0) is 12.8 Å². The second-order valence-corrected chi connectivity index (χ2v) is 4.74. The normalized spacial score (nSPS) is 13.1. The predicted octanol–water partition coefficient (Wildman–Crippen LogP) is 3.83. The van der Waals surface area contributed by atoms with E-state index in [1.54, 1.807) is 18.2 Å². The number of hydrogen-bond acceptors (Lipinski definition) is 3. The van der Waals surface area contributed by atoms with Crippen LogP contribution in [0.1, 0.15) is 17.5 Å². The molecule has 0 saturated carbocycles. The lowest BCUT2D eigenvalue weighted by molar-refractivity contribution is -0.383. The van der Waals surface area contributed by atoms with Crippen LogP contribution in [0.25, 0.3) is 0 Å². The fourth-order valence-corrected chi connectivity index (χ4v) is 2.54. The van der Waals surface area contributed by atoms with E-state index in [2.05, 4.69) is 17.4 Å². The van der Waals surface area contributed by atoms with E-state index in [0.717, 1.165) is 18.5 Å². The molecule has 2 aromatic carbocycles. The van der Waals surface area contributed by atoms with E-state index in [4.69, 9.17) is 0 Å². The van der Waals surface area contributed by atoms with E-state index < -0.39 is 0 Å². The Labute approximate surface area is 111 Å². The van der Waals surface area contributed by atoms with Crippen LogP contribution in [-0.4, -0.2) is 4.92 Å². The Morgan fingerprint density at radius 2 is 1.84 bits per heavy atom. The number of rotatable bonds is 3. The molecule has 3 rings (SSSR count). The summed E-state index contributed by atoms with van der Waals surface area (Å²) in [6.45, 7) is 0. The van der Waals surface area contributed by atoms with Gasteiger partial charge in [-0.25, -0.2) is 0 Å². The highest BCUT2D eigenvalue weighted by Crippen LogP contribution is 2.30. The number of hydrogen-bond donors (Lipinski definition) is 1. The first-order valence-corrected chi connectivity index (χ1v) is 6.36. The summed E-state index contributed by atoms with van der Waals surface area (Å²) in [4.78, 5) is 10.6.